The van der Waals surface area contributed by atoms with Crippen LogP contribution in [0, 0.1) is 0 Å². The summed E-state index contributed by atoms with van der Waals surface area (Å²) < 4.78 is 2.48. The molecule has 0 spiro atoms. The Morgan fingerprint density at radius 2 is 2.00 bits per heavy atom. The van der Waals surface area contributed by atoms with E-state index in [1.165, 1.54) is 15.9 Å². The lowest BCUT2D eigenvalue weighted by Crippen LogP contribution is -2.36. The van der Waals surface area contributed by atoms with Gasteiger partial charge in [-0.25, -0.2) is 4.98 Å². The molecule has 0 aliphatic carbocycles. The van der Waals surface area contributed by atoms with Gasteiger partial charge in [-0.15, -0.1) is 11.3 Å². The summed E-state index contributed by atoms with van der Waals surface area (Å²) in [6, 6.07) is 7.11. The van der Waals surface area contributed by atoms with Crippen molar-refractivity contribution in [1.82, 2.24) is 9.55 Å². The highest BCUT2D eigenvalue weighted by Crippen LogP contribution is 2.32. The van der Waals surface area contributed by atoms with Crippen LogP contribution in [-0.4, -0.2) is 15.5 Å². The van der Waals surface area contributed by atoms with Crippen LogP contribution in [0.3, 0.4) is 0 Å². The monoisotopic (exact) mass is 433 g/mol. The maximum Gasteiger partial charge on any atom is 0.263 e. The summed E-state index contributed by atoms with van der Waals surface area (Å²) >= 11 is 4.88. The first-order chi connectivity index (χ1) is 12.5. The number of halogens is 1. The third-order valence-corrected chi connectivity index (χ3v) is 5.77. The molecule has 2 N–H and O–H groups in total. The SMILES string of the molecule is CCCc1nc2scc(-c3ccc(Br)cc3)c2c(=O)n1C(CC)C(N)=O. The molecule has 3 rings (SSSR count). The van der Waals surface area contributed by atoms with E-state index in [9.17, 15) is 9.59 Å². The second kappa shape index (κ2) is 7.72. The van der Waals surface area contributed by atoms with Crippen LogP contribution in [-0.2, 0) is 11.2 Å². The number of aromatic nitrogens is 2. The molecule has 3 aromatic rings. The van der Waals surface area contributed by atoms with E-state index in [1.807, 2.05) is 43.5 Å². The van der Waals surface area contributed by atoms with Crippen molar-refractivity contribution in [2.24, 2.45) is 5.73 Å². The maximum absolute atomic E-state index is 13.4. The molecule has 136 valence electrons. The lowest BCUT2D eigenvalue weighted by Gasteiger charge is -2.19. The van der Waals surface area contributed by atoms with Crippen LogP contribution in [0.4, 0.5) is 0 Å². The fraction of sp³-hybridized carbons (Fsp3) is 0.316. The minimum absolute atomic E-state index is 0.191. The van der Waals surface area contributed by atoms with Crippen LogP contribution in [0.2, 0.25) is 0 Å². The molecule has 0 saturated carbocycles. The summed E-state index contributed by atoms with van der Waals surface area (Å²) in [5.74, 6) is 0.119. The molecular weight excluding hydrogens is 414 g/mol. The van der Waals surface area contributed by atoms with Crippen molar-refractivity contribution < 1.29 is 4.79 Å². The Morgan fingerprint density at radius 1 is 1.31 bits per heavy atom. The molecule has 0 saturated heterocycles. The minimum Gasteiger partial charge on any atom is -0.368 e. The summed E-state index contributed by atoms with van der Waals surface area (Å²) in [5, 5.41) is 2.50. The van der Waals surface area contributed by atoms with Gasteiger partial charge >= 0.3 is 0 Å². The molecule has 1 amide bonds. The quantitative estimate of drug-likeness (QED) is 0.629. The predicted molar refractivity (Wildman–Crippen MR) is 110 cm³/mol. The van der Waals surface area contributed by atoms with Crippen molar-refractivity contribution in [2.75, 3.05) is 0 Å². The average Bonchev–Trinajstić information content (AvgIpc) is 3.03. The number of carbonyl (C=O) groups excluding carboxylic acids is 1. The van der Waals surface area contributed by atoms with Crippen molar-refractivity contribution in [3.63, 3.8) is 0 Å². The number of benzene rings is 1. The van der Waals surface area contributed by atoms with Gasteiger partial charge in [-0.2, -0.15) is 0 Å². The Morgan fingerprint density at radius 3 is 2.58 bits per heavy atom. The highest BCUT2D eigenvalue weighted by molar-refractivity contribution is 9.10. The molecule has 0 radical (unpaired) electrons. The zero-order valence-corrected chi connectivity index (χ0v) is 17.1. The van der Waals surface area contributed by atoms with Crippen molar-refractivity contribution in [2.45, 2.75) is 39.2 Å². The van der Waals surface area contributed by atoms with Gasteiger partial charge in [-0.3, -0.25) is 14.2 Å². The summed E-state index contributed by atoms with van der Waals surface area (Å²) in [6.45, 7) is 3.87. The number of hydrogen-bond donors (Lipinski definition) is 1. The molecule has 0 aliphatic rings. The number of aryl methyl sites for hydroxylation is 1. The molecule has 26 heavy (non-hydrogen) atoms. The smallest absolute Gasteiger partial charge is 0.263 e. The number of fused-ring (bicyclic) bond motifs is 1. The number of nitrogens with zero attached hydrogens (tertiary/aromatic N) is 2. The molecule has 1 unspecified atom stereocenters. The summed E-state index contributed by atoms with van der Waals surface area (Å²) in [5.41, 5.74) is 7.16. The van der Waals surface area contributed by atoms with E-state index < -0.39 is 11.9 Å². The first-order valence-electron chi connectivity index (χ1n) is 8.55. The topological polar surface area (TPSA) is 78.0 Å². The van der Waals surface area contributed by atoms with Gasteiger partial charge in [0.2, 0.25) is 5.91 Å². The highest BCUT2D eigenvalue weighted by atomic mass is 79.9. The van der Waals surface area contributed by atoms with E-state index in [0.29, 0.717) is 28.9 Å². The molecule has 7 heteroatoms. The molecule has 0 fully saturated rings. The van der Waals surface area contributed by atoms with Gasteiger partial charge in [0.05, 0.1) is 5.39 Å². The first-order valence-corrected chi connectivity index (χ1v) is 10.2. The summed E-state index contributed by atoms with van der Waals surface area (Å²) in [6.07, 6.45) is 1.91. The van der Waals surface area contributed by atoms with E-state index in [2.05, 4.69) is 15.9 Å². The van der Waals surface area contributed by atoms with Gasteiger partial charge in [0.25, 0.3) is 5.56 Å². The second-order valence-corrected chi connectivity index (χ2v) is 7.89. The normalized spacial score (nSPS) is 12.4. The van der Waals surface area contributed by atoms with E-state index in [-0.39, 0.29) is 5.56 Å². The molecular formula is C19H20BrN3O2S. The van der Waals surface area contributed by atoms with Crippen molar-refractivity contribution in [3.8, 4) is 11.1 Å². The third-order valence-electron chi connectivity index (χ3n) is 4.37. The molecule has 0 aliphatic heterocycles. The largest absolute Gasteiger partial charge is 0.368 e. The minimum atomic E-state index is -0.682. The van der Waals surface area contributed by atoms with Crippen LogP contribution in [0.25, 0.3) is 21.3 Å². The van der Waals surface area contributed by atoms with E-state index in [1.54, 1.807) is 0 Å². The number of nitrogens with two attached hydrogens (primary N) is 1. The standard InChI is InChI=1S/C19H20BrN3O2S/c1-3-5-15-22-18-16(19(25)23(15)14(4-2)17(21)24)13(10-26-18)11-6-8-12(20)9-7-11/h6-10,14H,3-5H2,1-2H3,(H2,21,24). The van der Waals surface area contributed by atoms with Crippen molar-refractivity contribution in [3.05, 3.63) is 50.3 Å². The van der Waals surface area contributed by atoms with Crippen LogP contribution in [0.5, 0.6) is 0 Å². The molecule has 0 bridgehead atoms. The van der Waals surface area contributed by atoms with E-state index >= 15 is 0 Å². The van der Waals surface area contributed by atoms with E-state index in [0.717, 1.165) is 22.0 Å². The number of primary amides is 1. The molecule has 5 nitrogen and oxygen atoms in total. The van der Waals surface area contributed by atoms with Gasteiger partial charge in [-0.1, -0.05) is 41.9 Å². The Hall–Kier alpha value is -1.99. The second-order valence-electron chi connectivity index (χ2n) is 6.12. The Labute approximate surface area is 164 Å². The average molecular weight is 434 g/mol. The van der Waals surface area contributed by atoms with Gasteiger partial charge < -0.3 is 5.73 Å². The van der Waals surface area contributed by atoms with Gasteiger partial charge in [0.15, 0.2) is 0 Å². The van der Waals surface area contributed by atoms with Gasteiger partial charge in [0, 0.05) is 21.8 Å². The number of rotatable bonds is 6. The number of hydrogen-bond acceptors (Lipinski definition) is 4. The Kier molecular flexibility index (Phi) is 5.58. The number of amides is 1. The predicted octanol–water partition coefficient (Wildman–Crippen LogP) is 4.28. The highest BCUT2D eigenvalue weighted by Gasteiger charge is 2.24. The molecule has 1 atom stereocenters. The Bertz CT molecular complexity index is 1010. The van der Waals surface area contributed by atoms with Crippen molar-refractivity contribution >= 4 is 43.4 Å². The molecule has 1 aromatic carbocycles. The van der Waals surface area contributed by atoms with E-state index in [4.69, 9.17) is 10.7 Å². The summed E-state index contributed by atoms with van der Waals surface area (Å²) in [4.78, 5) is 30.7. The Balaban J connectivity index is 2.31. The number of carbonyl (C=O) groups is 1. The van der Waals surface area contributed by atoms with Crippen LogP contribution in [0.15, 0.2) is 38.9 Å². The first kappa shape index (κ1) is 18.8. The molecule has 2 aromatic heterocycles. The number of thiophene rings is 1. The van der Waals surface area contributed by atoms with Gasteiger partial charge in [0.1, 0.15) is 16.7 Å². The zero-order chi connectivity index (χ0) is 18.8. The lowest BCUT2D eigenvalue weighted by atomic mass is 10.1. The van der Waals surface area contributed by atoms with Crippen LogP contribution >= 0.6 is 27.3 Å². The fourth-order valence-electron chi connectivity index (χ4n) is 3.12. The third kappa shape index (κ3) is 3.33. The van der Waals surface area contributed by atoms with Crippen LogP contribution in [0.1, 0.15) is 38.6 Å². The van der Waals surface area contributed by atoms with Crippen LogP contribution < -0.4 is 11.3 Å². The fourth-order valence-corrected chi connectivity index (χ4v) is 4.34. The maximum atomic E-state index is 13.4. The summed E-state index contributed by atoms with van der Waals surface area (Å²) in [7, 11) is 0. The lowest BCUT2D eigenvalue weighted by molar-refractivity contribution is -0.121. The van der Waals surface area contributed by atoms with Crippen molar-refractivity contribution in [1.29, 1.82) is 0 Å². The molecule has 2 heterocycles. The zero-order valence-electron chi connectivity index (χ0n) is 14.7. The van der Waals surface area contributed by atoms with Gasteiger partial charge in [-0.05, 0) is 30.5 Å².